The van der Waals surface area contributed by atoms with Crippen LogP contribution >= 0.6 is 0 Å². The van der Waals surface area contributed by atoms with Gasteiger partial charge >= 0.3 is 0 Å². The molecule has 1 aliphatic carbocycles. The number of piperidine rings is 1. The number of rotatable bonds is 2. The Labute approximate surface area is 136 Å². The fourth-order valence-corrected chi connectivity index (χ4v) is 3.75. The van der Waals surface area contributed by atoms with Gasteiger partial charge in [0.2, 0.25) is 5.91 Å². The molecule has 2 heterocycles. The molecule has 1 saturated carbocycles. The van der Waals surface area contributed by atoms with Crippen molar-refractivity contribution in [2.24, 2.45) is 11.8 Å². The van der Waals surface area contributed by atoms with Crippen LogP contribution in [0.5, 0.6) is 0 Å². The third-order valence-corrected chi connectivity index (χ3v) is 5.40. The maximum atomic E-state index is 12.3. The van der Waals surface area contributed by atoms with Gasteiger partial charge in [-0.25, -0.2) is 0 Å². The molecule has 2 unspecified atom stereocenters. The number of pyridine rings is 1. The molecule has 1 amide bonds. The SMILES string of the molecule is CC1CC1C(=O)N1CCC(c2nc3ccccc3cc2N)CC1. The van der Waals surface area contributed by atoms with Crippen molar-refractivity contribution >= 4 is 22.5 Å². The van der Waals surface area contributed by atoms with Gasteiger partial charge in [0.25, 0.3) is 0 Å². The van der Waals surface area contributed by atoms with Gasteiger partial charge in [-0.15, -0.1) is 0 Å². The molecule has 2 N–H and O–H groups in total. The Hall–Kier alpha value is -2.10. The molecule has 0 bridgehead atoms. The molecule has 23 heavy (non-hydrogen) atoms. The average molecular weight is 309 g/mol. The Kier molecular flexibility index (Phi) is 3.47. The number of likely N-dealkylation sites (tertiary alicyclic amines) is 1. The minimum atomic E-state index is 0.287. The van der Waals surface area contributed by atoms with E-state index in [1.165, 1.54) is 0 Å². The molecule has 1 aromatic carbocycles. The maximum absolute atomic E-state index is 12.3. The molecule has 4 nitrogen and oxygen atoms in total. The number of para-hydroxylation sites is 1. The Balaban J connectivity index is 1.50. The molecule has 4 heteroatoms. The summed E-state index contributed by atoms with van der Waals surface area (Å²) in [6.07, 6.45) is 2.99. The molecule has 0 spiro atoms. The lowest BCUT2D eigenvalue weighted by Crippen LogP contribution is -2.39. The average Bonchev–Trinajstić information content (AvgIpc) is 3.30. The highest BCUT2D eigenvalue weighted by Crippen LogP contribution is 2.40. The first-order valence-electron chi connectivity index (χ1n) is 8.57. The largest absolute Gasteiger partial charge is 0.397 e. The molecule has 1 aliphatic heterocycles. The van der Waals surface area contributed by atoms with Crippen LogP contribution in [0.2, 0.25) is 0 Å². The molecule has 120 valence electrons. The molecule has 0 radical (unpaired) electrons. The Bertz CT molecular complexity index is 749. The van der Waals surface area contributed by atoms with E-state index in [2.05, 4.69) is 6.92 Å². The molecule has 2 aliphatic rings. The van der Waals surface area contributed by atoms with Crippen LogP contribution in [0.15, 0.2) is 30.3 Å². The third-order valence-electron chi connectivity index (χ3n) is 5.40. The number of nitrogens with two attached hydrogens (primary N) is 1. The number of anilines is 1. The van der Waals surface area contributed by atoms with Gasteiger partial charge in [-0.05, 0) is 37.3 Å². The van der Waals surface area contributed by atoms with Crippen LogP contribution in [0.25, 0.3) is 10.9 Å². The molecule has 2 fully saturated rings. The Morgan fingerprint density at radius 2 is 1.96 bits per heavy atom. The standard InChI is InChI=1S/C19H23N3O/c1-12-10-15(12)19(23)22-8-6-13(7-9-22)18-16(20)11-14-4-2-3-5-17(14)21-18/h2-5,11-13,15H,6-10,20H2,1H3. The number of benzene rings is 1. The van der Waals surface area contributed by atoms with E-state index in [0.717, 1.165) is 54.6 Å². The summed E-state index contributed by atoms with van der Waals surface area (Å²) in [6.45, 7) is 3.83. The first-order chi connectivity index (χ1) is 11.1. The van der Waals surface area contributed by atoms with E-state index in [1.807, 2.05) is 35.2 Å². The van der Waals surface area contributed by atoms with Crippen molar-refractivity contribution in [2.45, 2.75) is 32.1 Å². The summed E-state index contributed by atoms with van der Waals surface area (Å²) < 4.78 is 0. The van der Waals surface area contributed by atoms with Crippen LogP contribution in [-0.2, 0) is 4.79 Å². The van der Waals surface area contributed by atoms with Crippen LogP contribution in [-0.4, -0.2) is 28.9 Å². The van der Waals surface area contributed by atoms with Gasteiger partial charge in [0.15, 0.2) is 0 Å². The van der Waals surface area contributed by atoms with E-state index in [1.54, 1.807) is 0 Å². The Morgan fingerprint density at radius 1 is 1.26 bits per heavy atom. The predicted molar refractivity (Wildman–Crippen MR) is 92.0 cm³/mol. The second kappa shape index (κ2) is 5.52. The number of carbonyl (C=O) groups is 1. The second-order valence-electron chi connectivity index (χ2n) is 7.07. The van der Waals surface area contributed by atoms with Crippen LogP contribution in [0.1, 0.15) is 37.8 Å². The van der Waals surface area contributed by atoms with Crippen molar-refractivity contribution in [3.8, 4) is 0 Å². The van der Waals surface area contributed by atoms with Crippen LogP contribution in [0, 0.1) is 11.8 Å². The number of nitrogen functional groups attached to an aromatic ring is 1. The highest BCUT2D eigenvalue weighted by Gasteiger charge is 2.42. The van der Waals surface area contributed by atoms with Crippen molar-refractivity contribution < 1.29 is 4.79 Å². The quantitative estimate of drug-likeness (QED) is 0.927. The fraction of sp³-hybridized carbons (Fsp3) is 0.474. The molecule has 1 aromatic heterocycles. The summed E-state index contributed by atoms with van der Waals surface area (Å²) in [6, 6.07) is 10.1. The van der Waals surface area contributed by atoms with Crippen molar-refractivity contribution in [3.63, 3.8) is 0 Å². The number of aromatic nitrogens is 1. The van der Waals surface area contributed by atoms with E-state index in [4.69, 9.17) is 10.7 Å². The molecule has 4 rings (SSSR count). The molecular formula is C19H23N3O. The van der Waals surface area contributed by atoms with Crippen molar-refractivity contribution in [2.75, 3.05) is 18.8 Å². The highest BCUT2D eigenvalue weighted by atomic mass is 16.2. The third kappa shape index (κ3) is 2.67. The summed E-state index contributed by atoms with van der Waals surface area (Å²) in [5, 5.41) is 1.09. The van der Waals surface area contributed by atoms with Gasteiger partial charge in [0, 0.05) is 30.3 Å². The van der Waals surface area contributed by atoms with E-state index in [0.29, 0.717) is 17.7 Å². The van der Waals surface area contributed by atoms with Crippen LogP contribution in [0.4, 0.5) is 5.69 Å². The van der Waals surface area contributed by atoms with E-state index < -0.39 is 0 Å². The smallest absolute Gasteiger partial charge is 0.225 e. The summed E-state index contributed by atoms with van der Waals surface area (Å²) in [7, 11) is 0. The van der Waals surface area contributed by atoms with Crippen LogP contribution in [0.3, 0.4) is 0 Å². The number of amides is 1. The van der Waals surface area contributed by atoms with Gasteiger partial charge < -0.3 is 10.6 Å². The van der Waals surface area contributed by atoms with E-state index >= 15 is 0 Å². The zero-order valence-corrected chi connectivity index (χ0v) is 13.5. The molecule has 2 atom stereocenters. The lowest BCUT2D eigenvalue weighted by atomic mass is 9.91. The van der Waals surface area contributed by atoms with E-state index in [-0.39, 0.29) is 5.92 Å². The minimum absolute atomic E-state index is 0.287. The van der Waals surface area contributed by atoms with Gasteiger partial charge in [0.05, 0.1) is 16.9 Å². The number of hydrogen-bond donors (Lipinski definition) is 1. The number of fused-ring (bicyclic) bond motifs is 1. The zero-order chi connectivity index (χ0) is 16.0. The van der Waals surface area contributed by atoms with Gasteiger partial charge in [-0.2, -0.15) is 0 Å². The summed E-state index contributed by atoms with van der Waals surface area (Å²) in [5.74, 6) is 1.59. The van der Waals surface area contributed by atoms with Gasteiger partial charge in [-0.3, -0.25) is 9.78 Å². The maximum Gasteiger partial charge on any atom is 0.225 e. The number of carbonyl (C=O) groups excluding carboxylic acids is 1. The summed E-state index contributed by atoms with van der Waals surface area (Å²) >= 11 is 0. The lowest BCUT2D eigenvalue weighted by molar-refractivity contribution is -0.133. The topological polar surface area (TPSA) is 59.2 Å². The van der Waals surface area contributed by atoms with Crippen molar-refractivity contribution in [3.05, 3.63) is 36.0 Å². The summed E-state index contributed by atoms with van der Waals surface area (Å²) in [4.78, 5) is 19.2. The minimum Gasteiger partial charge on any atom is -0.397 e. The fourth-order valence-electron chi connectivity index (χ4n) is 3.75. The second-order valence-corrected chi connectivity index (χ2v) is 7.07. The normalized spacial score (nSPS) is 24.8. The van der Waals surface area contributed by atoms with Crippen molar-refractivity contribution in [1.29, 1.82) is 0 Å². The molecular weight excluding hydrogens is 286 g/mol. The van der Waals surface area contributed by atoms with Gasteiger partial charge in [0.1, 0.15) is 0 Å². The first-order valence-corrected chi connectivity index (χ1v) is 8.57. The zero-order valence-electron chi connectivity index (χ0n) is 13.5. The van der Waals surface area contributed by atoms with Crippen molar-refractivity contribution in [1.82, 2.24) is 9.88 Å². The number of hydrogen-bond acceptors (Lipinski definition) is 3. The van der Waals surface area contributed by atoms with E-state index in [9.17, 15) is 4.79 Å². The first kappa shape index (κ1) is 14.5. The molecule has 2 aromatic rings. The summed E-state index contributed by atoms with van der Waals surface area (Å²) in [5.41, 5.74) is 9.04. The monoisotopic (exact) mass is 309 g/mol. The highest BCUT2D eigenvalue weighted by molar-refractivity contribution is 5.83. The predicted octanol–water partition coefficient (Wildman–Crippen LogP) is 3.18. The number of nitrogens with zero attached hydrogens (tertiary/aromatic N) is 2. The van der Waals surface area contributed by atoms with Crippen LogP contribution < -0.4 is 5.73 Å². The lowest BCUT2D eigenvalue weighted by Gasteiger charge is -2.32. The molecule has 1 saturated heterocycles. The Morgan fingerprint density at radius 3 is 2.65 bits per heavy atom. The van der Waals surface area contributed by atoms with Gasteiger partial charge in [-0.1, -0.05) is 25.1 Å².